The van der Waals surface area contributed by atoms with Crippen molar-refractivity contribution >= 4 is 35.9 Å². The molecule has 5 rings (SSSR count). The fraction of sp³-hybridized carbons (Fsp3) is 0.157. The SMILES string of the molecule is C=C(C)C(=O)OCOc1ccc(C(=O)Oc2ccc(OC(=O)/C=C/c3ccc(-c4ccc(-c5ccc(OCC(COC(=O)C(=C)C)COC(=O)C(=C)C)cc5)cc4)cc3)cc2)cc1. The van der Waals surface area contributed by atoms with E-state index in [1.54, 1.807) is 32.1 Å². The Kier molecular flexibility index (Phi) is 16.5. The van der Waals surface area contributed by atoms with Gasteiger partial charge in [0.1, 0.15) is 36.2 Å². The molecule has 0 spiro atoms. The lowest BCUT2D eigenvalue weighted by Crippen LogP contribution is -2.26. The third-order valence-electron chi connectivity index (χ3n) is 8.92. The summed E-state index contributed by atoms with van der Waals surface area (Å²) < 4.78 is 37.5. The van der Waals surface area contributed by atoms with Gasteiger partial charge in [0.15, 0.2) is 0 Å². The molecule has 0 saturated heterocycles. The van der Waals surface area contributed by atoms with Crippen molar-refractivity contribution in [3.8, 4) is 45.3 Å². The van der Waals surface area contributed by atoms with Crippen LogP contribution in [-0.2, 0) is 33.4 Å². The van der Waals surface area contributed by atoms with Crippen LogP contribution in [0.2, 0.25) is 0 Å². The van der Waals surface area contributed by atoms with Crippen molar-refractivity contribution in [1.82, 2.24) is 0 Å². The molecule has 0 unspecified atom stereocenters. The van der Waals surface area contributed by atoms with Crippen molar-refractivity contribution < 1.29 is 57.1 Å². The summed E-state index contributed by atoms with van der Waals surface area (Å²) in [7, 11) is 0. The van der Waals surface area contributed by atoms with Crippen LogP contribution in [0.3, 0.4) is 0 Å². The molecule has 0 amide bonds. The van der Waals surface area contributed by atoms with Gasteiger partial charge in [-0.15, -0.1) is 0 Å². The van der Waals surface area contributed by atoms with Gasteiger partial charge in [0.25, 0.3) is 0 Å². The molecule has 322 valence electrons. The summed E-state index contributed by atoms with van der Waals surface area (Å²) in [5.41, 5.74) is 5.86. The van der Waals surface area contributed by atoms with Gasteiger partial charge in [0, 0.05) is 22.8 Å². The van der Waals surface area contributed by atoms with Crippen molar-refractivity contribution in [3.63, 3.8) is 0 Å². The van der Waals surface area contributed by atoms with E-state index in [4.69, 9.17) is 33.2 Å². The smallest absolute Gasteiger partial charge is 0.343 e. The minimum Gasteiger partial charge on any atom is -0.493 e. The molecule has 0 heterocycles. The van der Waals surface area contributed by atoms with E-state index in [-0.39, 0.29) is 60.4 Å². The molecule has 0 N–H and O–H groups in total. The highest BCUT2D eigenvalue weighted by Gasteiger charge is 2.17. The van der Waals surface area contributed by atoms with Crippen LogP contribution in [0, 0.1) is 5.92 Å². The van der Waals surface area contributed by atoms with Gasteiger partial charge in [0.05, 0.1) is 18.1 Å². The minimum absolute atomic E-state index is 0.00724. The van der Waals surface area contributed by atoms with E-state index in [1.165, 1.54) is 49.4 Å². The second-order valence-corrected chi connectivity index (χ2v) is 14.3. The molecule has 0 radical (unpaired) electrons. The molecule has 12 heteroatoms. The lowest BCUT2D eigenvalue weighted by atomic mass is 9.99. The largest absolute Gasteiger partial charge is 0.493 e. The first-order chi connectivity index (χ1) is 30.2. The van der Waals surface area contributed by atoms with E-state index in [2.05, 4.69) is 19.7 Å². The summed E-state index contributed by atoms with van der Waals surface area (Å²) in [5.74, 6) is -1.70. The van der Waals surface area contributed by atoms with Gasteiger partial charge >= 0.3 is 29.8 Å². The monoisotopic (exact) mass is 850 g/mol. The normalized spacial score (nSPS) is 10.7. The molecule has 0 aliphatic carbocycles. The highest BCUT2D eigenvalue weighted by Crippen LogP contribution is 2.27. The van der Waals surface area contributed by atoms with Crippen LogP contribution in [0.5, 0.6) is 23.0 Å². The van der Waals surface area contributed by atoms with Crippen LogP contribution in [0.1, 0.15) is 36.7 Å². The summed E-state index contributed by atoms with van der Waals surface area (Å²) in [6, 6.07) is 35.6. The maximum absolute atomic E-state index is 12.6. The molecule has 0 bridgehead atoms. The van der Waals surface area contributed by atoms with Gasteiger partial charge in [-0.1, -0.05) is 80.4 Å². The molecule has 0 aliphatic rings. The Labute approximate surface area is 365 Å². The summed E-state index contributed by atoms with van der Waals surface area (Å²) in [4.78, 5) is 60.4. The fourth-order valence-corrected chi connectivity index (χ4v) is 5.39. The number of carbonyl (C=O) groups excluding carboxylic acids is 5. The molecule has 63 heavy (non-hydrogen) atoms. The van der Waals surface area contributed by atoms with Crippen molar-refractivity contribution in [2.24, 2.45) is 5.92 Å². The number of ether oxygens (including phenoxy) is 7. The first kappa shape index (κ1) is 46.1. The number of rotatable bonds is 20. The number of hydrogen-bond donors (Lipinski definition) is 0. The Morgan fingerprint density at radius 3 is 1.37 bits per heavy atom. The van der Waals surface area contributed by atoms with Crippen molar-refractivity contribution in [2.45, 2.75) is 20.8 Å². The van der Waals surface area contributed by atoms with Crippen LogP contribution >= 0.6 is 0 Å². The molecular formula is C51H46O12. The van der Waals surface area contributed by atoms with E-state index in [9.17, 15) is 24.0 Å². The Morgan fingerprint density at radius 2 is 0.873 bits per heavy atom. The van der Waals surface area contributed by atoms with Crippen LogP contribution in [0.4, 0.5) is 0 Å². The highest BCUT2D eigenvalue weighted by molar-refractivity contribution is 5.91. The second kappa shape index (κ2) is 22.6. The Morgan fingerprint density at radius 1 is 0.476 bits per heavy atom. The molecule has 5 aromatic carbocycles. The minimum atomic E-state index is -0.603. The highest BCUT2D eigenvalue weighted by atomic mass is 16.7. The van der Waals surface area contributed by atoms with Gasteiger partial charge in [-0.2, -0.15) is 0 Å². The summed E-state index contributed by atoms with van der Waals surface area (Å²) >= 11 is 0. The van der Waals surface area contributed by atoms with Gasteiger partial charge in [-0.3, -0.25) is 0 Å². The lowest BCUT2D eigenvalue weighted by Gasteiger charge is -2.18. The quantitative estimate of drug-likeness (QED) is 0.0241. The van der Waals surface area contributed by atoms with Crippen molar-refractivity contribution in [2.75, 3.05) is 26.6 Å². The maximum Gasteiger partial charge on any atom is 0.343 e. The maximum atomic E-state index is 12.6. The third-order valence-corrected chi connectivity index (χ3v) is 8.92. The third kappa shape index (κ3) is 14.6. The molecule has 0 saturated carbocycles. The van der Waals surface area contributed by atoms with Crippen LogP contribution in [0.25, 0.3) is 28.3 Å². The molecular weight excluding hydrogens is 805 g/mol. The number of esters is 5. The van der Waals surface area contributed by atoms with Gasteiger partial charge in [-0.05, 0) is 115 Å². The van der Waals surface area contributed by atoms with Gasteiger partial charge < -0.3 is 33.2 Å². The zero-order valence-corrected chi connectivity index (χ0v) is 35.1. The average molecular weight is 851 g/mol. The molecule has 0 aliphatic heterocycles. The predicted molar refractivity (Wildman–Crippen MR) is 237 cm³/mol. The summed E-state index contributed by atoms with van der Waals surface area (Å²) in [6.07, 6.45) is 2.98. The Balaban J connectivity index is 1.07. The average Bonchev–Trinajstić information content (AvgIpc) is 3.29. The van der Waals surface area contributed by atoms with Gasteiger partial charge in [-0.25, -0.2) is 24.0 Å². The lowest BCUT2D eigenvalue weighted by molar-refractivity contribution is -0.146. The molecule has 0 fully saturated rings. The first-order valence-corrected chi connectivity index (χ1v) is 19.6. The van der Waals surface area contributed by atoms with Crippen LogP contribution in [-0.4, -0.2) is 56.5 Å². The molecule has 0 aromatic heterocycles. The van der Waals surface area contributed by atoms with E-state index < -0.39 is 35.8 Å². The number of hydrogen-bond acceptors (Lipinski definition) is 12. The zero-order chi connectivity index (χ0) is 45.3. The summed E-state index contributed by atoms with van der Waals surface area (Å²) in [5, 5.41) is 0. The van der Waals surface area contributed by atoms with Crippen LogP contribution < -0.4 is 18.9 Å². The van der Waals surface area contributed by atoms with E-state index in [0.717, 1.165) is 27.8 Å². The molecule has 5 aromatic rings. The van der Waals surface area contributed by atoms with Gasteiger partial charge in [0.2, 0.25) is 6.79 Å². The predicted octanol–water partition coefficient (Wildman–Crippen LogP) is 9.55. The zero-order valence-electron chi connectivity index (χ0n) is 35.1. The first-order valence-electron chi connectivity index (χ1n) is 19.6. The fourth-order valence-electron chi connectivity index (χ4n) is 5.39. The number of carbonyl (C=O) groups is 5. The van der Waals surface area contributed by atoms with E-state index in [0.29, 0.717) is 11.5 Å². The number of benzene rings is 5. The van der Waals surface area contributed by atoms with E-state index in [1.807, 2.05) is 72.8 Å². The standard InChI is InChI=1S/C51H46O12/c1-33(2)48(53)58-30-37(31-59-49(54)34(3)4)29-57-43-20-16-41(17-21-43)40-14-12-39(13-15-40)38-10-7-36(8-11-38)9-28-47(52)62-45-24-26-46(27-25-45)63-51(56)42-18-22-44(23-19-42)60-32-61-50(55)35(5)6/h7-28,37H,1,3,5,29-32H2,2,4,6H3/b28-9+. The second-order valence-electron chi connectivity index (χ2n) is 14.3. The summed E-state index contributed by atoms with van der Waals surface area (Å²) in [6.45, 7) is 15.1. The van der Waals surface area contributed by atoms with Crippen molar-refractivity contribution in [1.29, 1.82) is 0 Å². The molecule has 12 nitrogen and oxygen atoms in total. The van der Waals surface area contributed by atoms with E-state index >= 15 is 0 Å². The molecule has 0 atom stereocenters. The Hall–Kier alpha value is -7.99. The van der Waals surface area contributed by atoms with Crippen molar-refractivity contribution in [3.05, 3.63) is 175 Å². The Bertz CT molecular complexity index is 2430. The van der Waals surface area contributed by atoms with Crippen LogP contribution in [0.15, 0.2) is 164 Å². The topological polar surface area (TPSA) is 150 Å².